The van der Waals surface area contributed by atoms with Gasteiger partial charge < -0.3 is 24.8 Å². The number of rotatable bonds is 7. The van der Waals surface area contributed by atoms with Crippen molar-refractivity contribution in [1.29, 1.82) is 0 Å². The van der Waals surface area contributed by atoms with Gasteiger partial charge in [-0.05, 0) is 31.1 Å². The van der Waals surface area contributed by atoms with Gasteiger partial charge in [0.15, 0.2) is 6.61 Å². The Morgan fingerprint density at radius 3 is 2.70 bits per heavy atom. The summed E-state index contributed by atoms with van der Waals surface area (Å²) in [4.78, 5) is 36.8. The number of piperidine rings is 1. The van der Waals surface area contributed by atoms with Crippen LogP contribution in [0.25, 0.3) is 6.08 Å². The molecule has 1 aromatic carbocycles. The fraction of sp³-hybridized carbons (Fsp3) is 0.421. The fourth-order valence-corrected chi connectivity index (χ4v) is 2.82. The van der Waals surface area contributed by atoms with Crippen LogP contribution in [-0.4, -0.2) is 56.6 Å². The van der Waals surface area contributed by atoms with Crippen LogP contribution in [0, 0.1) is 5.92 Å². The van der Waals surface area contributed by atoms with Gasteiger partial charge in [-0.25, -0.2) is 4.79 Å². The maximum absolute atomic E-state index is 12.2. The maximum Gasteiger partial charge on any atom is 0.331 e. The van der Waals surface area contributed by atoms with Crippen LogP contribution in [0.2, 0.25) is 0 Å². The fourth-order valence-electron chi connectivity index (χ4n) is 2.82. The molecule has 27 heavy (non-hydrogen) atoms. The summed E-state index contributed by atoms with van der Waals surface area (Å²) in [6.07, 6.45) is 4.13. The van der Waals surface area contributed by atoms with Gasteiger partial charge in [-0.1, -0.05) is 0 Å². The molecule has 0 aromatic heterocycles. The first kappa shape index (κ1) is 20.3. The predicted octanol–water partition coefficient (Wildman–Crippen LogP) is 0.984. The summed E-state index contributed by atoms with van der Waals surface area (Å²) < 4.78 is 15.4. The van der Waals surface area contributed by atoms with Crippen molar-refractivity contribution in [2.45, 2.75) is 12.8 Å². The van der Waals surface area contributed by atoms with E-state index < -0.39 is 11.9 Å². The van der Waals surface area contributed by atoms with Crippen LogP contribution < -0.4 is 15.2 Å². The Kier molecular flexibility index (Phi) is 7.22. The van der Waals surface area contributed by atoms with E-state index in [0.717, 1.165) is 0 Å². The number of nitrogens with zero attached hydrogens (tertiary/aromatic N) is 1. The van der Waals surface area contributed by atoms with Gasteiger partial charge in [0.25, 0.3) is 5.91 Å². The van der Waals surface area contributed by atoms with Crippen molar-refractivity contribution < 1.29 is 28.6 Å². The molecule has 0 aliphatic carbocycles. The third kappa shape index (κ3) is 5.73. The van der Waals surface area contributed by atoms with E-state index >= 15 is 0 Å². The Bertz CT molecular complexity index is 731. The molecule has 1 heterocycles. The summed E-state index contributed by atoms with van der Waals surface area (Å²) in [6.45, 7) is 0.415. The summed E-state index contributed by atoms with van der Waals surface area (Å²) in [7, 11) is 3.06. The van der Waals surface area contributed by atoms with E-state index in [1.54, 1.807) is 25.3 Å². The highest BCUT2D eigenvalue weighted by Gasteiger charge is 2.27. The highest BCUT2D eigenvalue weighted by Crippen LogP contribution is 2.25. The lowest BCUT2D eigenvalue weighted by Crippen LogP contribution is -2.45. The van der Waals surface area contributed by atoms with Gasteiger partial charge in [0, 0.05) is 30.8 Å². The highest BCUT2D eigenvalue weighted by molar-refractivity contribution is 5.90. The van der Waals surface area contributed by atoms with Crippen molar-refractivity contribution in [3.8, 4) is 11.5 Å². The summed E-state index contributed by atoms with van der Waals surface area (Å²) in [5.41, 5.74) is 5.97. The number of likely N-dealkylation sites (tertiary alicyclic amines) is 1. The van der Waals surface area contributed by atoms with E-state index in [-0.39, 0.29) is 25.0 Å². The van der Waals surface area contributed by atoms with Crippen LogP contribution in [0.4, 0.5) is 0 Å². The van der Waals surface area contributed by atoms with E-state index in [4.69, 9.17) is 19.9 Å². The third-order valence-electron chi connectivity index (χ3n) is 4.35. The van der Waals surface area contributed by atoms with Crippen LogP contribution in [0.15, 0.2) is 24.3 Å². The Morgan fingerprint density at radius 1 is 1.26 bits per heavy atom. The van der Waals surface area contributed by atoms with Crippen molar-refractivity contribution in [2.75, 3.05) is 33.9 Å². The number of methoxy groups -OCH3 is 2. The maximum atomic E-state index is 12.2. The zero-order valence-corrected chi connectivity index (χ0v) is 15.5. The molecule has 8 heteroatoms. The number of carbonyl (C=O) groups is 3. The summed E-state index contributed by atoms with van der Waals surface area (Å²) in [6, 6.07) is 5.17. The van der Waals surface area contributed by atoms with Crippen molar-refractivity contribution in [2.24, 2.45) is 11.7 Å². The number of ether oxygens (including phenoxy) is 3. The SMILES string of the molecule is COc1ccc(/C=C/C(=O)OCC(=O)N2CCC[C@@H](C(N)=O)C2)c(OC)c1. The van der Waals surface area contributed by atoms with Gasteiger partial charge in [-0.15, -0.1) is 0 Å². The Hall–Kier alpha value is -3.03. The van der Waals surface area contributed by atoms with Crippen molar-refractivity contribution in [3.05, 3.63) is 29.8 Å². The second kappa shape index (κ2) is 9.61. The molecule has 0 radical (unpaired) electrons. The van der Waals surface area contributed by atoms with E-state index in [1.165, 1.54) is 24.2 Å². The van der Waals surface area contributed by atoms with E-state index in [0.29, 0.717) is 36.4 Å². The minimum absolute atomic E-state index is 0.268. The smallest absolute Gasteiger partial charge is 0.331 e. The molecular formula is C19H24N2O6. The molecule has 1 aliphatic heterocycles. The quantitative estimate of drug-likeness (QED) is 0.561. The molecule has 146 valence electrons. The monoisotopic (exact) mass is 376 g/mol. The van der Waals surface area contributed by atoms with Crippen LogP contribution in [0.3, 0.4) is 0 Å². The van der Waals surface area contributed by atoms with Gasteiger partial charge in [0.2, 0.25) is 5.91 Å². The molecule has 2 N–H and O–H groups in total. The van der Waals surface area contributed by atoms with Gasteiger partial charge in [0.1, 0.15) is 11.5 Å². The lowest BCUT2D eigenvalue weighted by molar-refractivity contribution is -0.149. The van der Waals surface area contributed by atoms with Gasteiger partial charge in [-0.2, -0.15) is 0 Å². The summed E-state index contributed by atoms with van der Waals surface area (Å²) in [5, 5.41) is 0. The second-order valence-electron chi connectivity index (χ2n) is 6.13. The van der Waals surface area contributed by atoms with Crippen LogP contribution in [0.1, 0.15) is 18.4 Å². The molecule has 0 bridgehead atoms. The van der Waals surface area contributed by atoms with Gasteiger partial charge in [0.05, 0.1) is 20.1 Å². The van der Waals surface area contributed by atoms with E-state index in [9.17, 15) is 14.4 Å². The zero-order chi connectivity index (χ0) is 19.8. The van der Waals surface area contributed by atoms with Crippen LogP contribution in [0.5, 0.6) is 11.5 Å². The number of nitrogens with two attached hydrogens (primary N) is 1. The molecule has 1 saturated heterocycles. The summed E-state index contributed by atoms with van der Waals surface area (Å²) in [5.74, 6) is -0.579. The second-order valence-corrected chi connectivity index (χ2v) is 6.13. The lowest BCUT2D eigenvalue weighted by atomic mass is 9.97. The molecule has 1 atom stereocenters. The molecule has 2 rings (SSSR count). The van der Waals surface area contributed by atoms with Gasteiger partial charge >= 0.3 is 5.97 Å². The molecular weight excluding hydrogens is 352 g/mol. The lowest BCUT2D eigenvalue weighted by Gasteiger charge is -2.30. The van der Waals surface area contributed by atoms with E-state index in [1.807, 2.05) is 0 Å². The molecule has 0 unspecified atom stereocenters. The number of esters is 1. The summed E-state index contributed by atoms with van der Waals surface area (Å²) >= 11 is 0. The minimum atomic E-state index is -0.648. The Morgan fingerprint density at radius 2 is 2.04 bits per heavy atom. The third-order valence-corrected chi connectivity index (χ3v) is 4.35. The number of carbonyl (C=O) groups excluding carboxylic acids is 3. The number of amides is 2. The largest absolute Gasteiger partial charge is 0.497 e. The normalized spacial score (nSPS) is 16.8. The van der Waals surface area contributed by atoms with Crippen LogP contribution >= 0.6 is 0 Å². The van der Waals surface area contributed by atoms with Crippen molar-refractivity contribution in [1.82, 2.24) is 4.90 Å². The predicted molar refractivity (Wildman–Crippen MR) is 98.0 cm³/mol. The van der Waals surface area contributed by atoms with Crippen LogP contribution in [-0.2, 0) is 19.1 Å². The molecule has 0 spiro atoms. The average molecular weight is 376 g/mol. The minimum Gasteiger partial charge on any atom is -0.497 e. The zero-order valence-electron chi connectivity index (χ0n) is 15.5. The molecule has 1 aliphatic rings. The topological polar surface area (TPSA) is 108 Å². The molecule has 8 nitrogen and oxygen atoms in total. The van der Waals surface area contributed by atoms with Crippen molar-refractivity contribution >= 4 is 23.9 Å². The Balaban J connectivity index is 1.88. The standard InChI is InChI=1S/C19H24N2O6/c1-25-15-7-5-13(16(10-15)26-2)6-8-18(23)27-12-17(22)21-9-3-4-14(11-21)19(20)24/h5-8,10,14H,3-4,9,11-12H2,1-2H3,(H2,20,24)/b8-6+/t14-/m1/s1. The highest BCUT2D eigenvalue weighted by atomic mass is 16.5. The first-order valence-electron chi connectivity index (χ1n) is 8.58. The van der Waals surface area contributed by atoms with Crippen molar-refractivity contribution in [3.63, 3.8) is 0 Å². The average Bonchev–Trinajstić information content (AvgIpc) is 2.70. The number of primary amides is 1. The molecule has 2 amide bonds. The first-order valence-corrected chi connectivity index (χ1v) is 8.58. The Labute approximate surface area is 157 Å². The first-order chi connectivity index (χ1) is 12.9. The van der Waals surface area contributed by atoms with Gasteiger partial charge in [-0.3, -0.25) is 9.59 Å². The van der Waals surface area contributed by atoms with E-state index in [2.05, 4.69) is 0 Å². The molecule has 1 fully saturated rings. The number of benzene rings is 1. The number of hydrogen-bond acceptors (Lipinski definition) is 6. The number of hydrogen-bond donors (Lipinski definition) is 1. The molecule has 0 saturated carbocycles. The molecule has 1 aromatic rings.